The van der Waals surface area contributed by atoms with Gasteiger partial charge in [-0.2, -0.15) is 28.1 Å². The Balaban J connectivity index is 1.81. The fourth-order valence-electron chi connectivity index (χ4n) is 2.45. The molecule has 0 aromatic carbocycles. The van der Waals surface area contributed by atoms with Gasteiger partial charge in [0.05, 0.1) is 0 Å². The van der Waals surface area contributed by atoms with Crippen LogP contribution in [0.5, 0.6) is 0 Å². The summed E-state index contributed by atoms with van der Waals surface area (Å²) in [7, 11) is 0. The molecule has 2 fully saturated rings. The highest BCUT2D eigenvalue weighted by Gasteiger charge is 2.64. The number of anilines is 2. The molecule has 1 saturated heterocycles. The molecule has 9 heteroatoms. The highest BCUT2D eigenvalue weighted by Crippen LogP contribution is 2.50. The first kappa shape index (κ1) is 14.6. The minimum absolute atomic E-state index is 0.0266. The van der Waals surface area contributed by atoms with Crippen LogP contribution in [0, 0.1) is 0 Å². The summed E-state index contributed by atoms with van der Waals surface area (Å²) in [6, 6.07) is 0. The lowest BCUT2D eigenvalue weighted by atomic mass is 10.1. The number of aromatic nitrogens is 3. The highest BCUT2D eigenvalue weighted by atomic mass is 35.5. The van der Waals surface area contributed by atoms with E-state index >= 15 is 0 Å². The van der Waals surface area contributed by atoms with Crippen LogP contribution in [0.15, 0.2) is 0 Å². The second-order valence-electron chi connectivity index (χ2n) is 5.48. The van der Waals surface area contributed by atoms with E-state index in [1.807, 2.05) is 4.90 Å². The molecule has 1 N–H and O–H groups in total. The number of rotatable bonds is 3. The van der Waals surface area contributed by atoms with Crippen molar-refractivity contribution in [3.63, 3.8) is 0 Å². The number of hydrogen-bond acceptors (Lipinski definition) is 5. The third-order valence-corrected chi connectivity index (χ3v) is 4.05. The third kappa shape index (κ3) is 3.00. The molecule has 1 aromatic heterocycles. The van der Waals surface area contributed by atoms with Crippen LogP contribution >= 0.6 is 11.6 Å². The lowest BCUT2D eigenvalue weighted by Gasteiger charge is -2.27. The summed E-state index contributed by atoms with van der Waals surface area (Å²) >= 11 is 5.82. The van der Waals surface area contributed by atoms with Gasteiger partial charge < -0.3 is 10.2 Å². The van der Waals surface area contributed by atoms with Crippen LogP contribution in [0.1, 0.15) is 32.1 Å². The lowest BCUT2D eigenvalue weighted by Crippen LogP contribution is -2.39. The van der Waals surface area contributed by atoms with Crippen molar-refractivity contribution in [2.24, 2.45) is 0 Å². The summed E-state index contributed by atoms with van der Waals surface area (Å²) in [4.78, 5) is 13.8. The summed E-state index contributed by atoms with van der Waals surface area (Å²) in [6.45, 7) is 1.56. The molecule has 0 atom stereocenters. The number of nitrogens with one attached hydrogen (secondary N) is 1. The lowest BCUT2D eigenvalue weighted by molar-refractivity contribution is -0.151. The van der Waals surface area contributed by atoms with Crippen molar-refractivity contribution >= 4 is 23.5 Å². The van der Waals surface area contributed by atoms with E-state index in [9.17, 15) is 13.2 Å². The Hall–Kier alpha value is -1.31. The normalized spacial score (nSPS) is 21.2. The van der Waals surface area contributed by atoms with Crippen LogP contribution in [0.3, 0.4) is 0 Å². The van der Waals surface area contributed by atoms with E-state index in [0.29, 0.717) is 5.95 Å². The molecular formula is C12H15ClF3N5. The summed E-state index contributed by atoms with van der Waals surface area (Å²) in [6.07, 6.45) is -1.11. The highest BCUT2D eigenvalue weighted by molar-refractivity contribution is 6.28. The zero-order valence-electron chi connectivity index (χ0n) is 11.3. The number of piperidine rings is 1. The van der Waals surface area contributed by atoms with E-state index in [1.54, 1.807) is 0 Å². The first-order valence-electron chi connectivity index (χ1n) is 6.91. The monoisotopic (exact) mass is 321 g/mol. The minimum Gasteiger partial charge on any atom is -0.341 e. The number of hydrogen-bond donors (Lipinski definition) is 1. The Bertz CT molecular complexity index is 526. The summed E-state index contributed by atoms with van der Waals surface area (Å²) in [5.41, 5.74) is -1.91. The maximum Gasteiger partial charge on any atom is 0.411 e. The van der Waals surface area contributed by atoms with E-state index < -0.39 is 11.7 Å². The van der Waals surface area contributed by atoms with E-state index in [2.05, 4.69) is 20.3 Å². The Morgan fingerprint density at radius 2 is 1.71 bits per heavy atom. The Morgan fingerprint density at radius 1 is 1.05 bits per heavy atom. The molecule has 3 rings (SSSR count). The second-order valence-corrected chi connectivity index (χ2v) is 5.82. The van der Waals surface area contributed by atoms with Crippen molar-refractivity contribution in [2.45, 2.75) is 43.8 Å². The van der Waals surface area contributed by atoms with Crippen LogP contribution in [0.25, 0.3) is 0 Å². The third-order valence-electron chi connectivity index (χ3n) is 3.88. The number of alkyl halides is 3. The van der Waals surface area contributed by atoms with Gasteiger partial charge in [0.1, 0.15) is 5.54 Å². The van der Waals surface area contributed by atoms with Gasteiger partial charge in [-0.05, 0) is 43.7 Å². The zero-order chi connectivity index (χ0) is 15.1. The fraction of sp³-hybridized carbons (Fsp3) is 0.750. The smallest absolute Gasteiger partial charge is 0.341 e. The number of halogens is 4. The zero-order valence-corrected chi connectivity index (χ0v) is 12.0. The Morgan fingerprint density at radius 3 is 2.29 bits per heavy atom. The van der Waals surface area contributed by atoms with Crippen molar-refractivity contribution in [3.8, 4) is 0 Å². The molecule has 1 saturated carbocycles. The predicted molar refractivity (Wildman–Crippen MR) is 72.5 cm³/mol. The van der Waals surface area contributed by atoms with Crippen molar-refractivity contribution < 1.29 is 13.2 Å². The molecule has 5 nitrogen and oxygen atoms in total. The molecule has 0 unspecified atom stereocenters. The Kier molecular flexibility index (Phi) is 3.59. The fourth-order valence-corrected chi connectivity index (χ4v) is 2.60. The van der Waals surface area contributed by atoms with Crippen molar-refractivity contribution in [3.05, 3.63) is 5.28 Å². The summed E-state index contributed by atoms with van der Waals surface area (Å²) < 4.78 is 38.9. The van der Waals surface area contributed by atoms with Gasteiger partial charge in [-0.25, -0.2) is 0 Å². The largest absolute Gasteiger partial charge is 0.411 e. The molecule has 0 radical (unpaired) electrons. The molecule has 1 aliphatic carbocycles. The van der Waals surface area contributed by atoms with Crippen LogP contribution in [-0.4, -0.2) is 39.8 Å². The topological polar surface area (TPSA) is 53.9 Å². The molecule has 1 aromatic rings. The number of nitrogens with zero attached hydrogens (tertiary/aromatic N) is 4. The minimum atomic E-state index is -4.32. The first-order chi connectivity index (χ1) is 9.90. The average Bonchev–Trinajstić information content (AvgIpc) is 3.19. The van der Waals surface area contributed by atoms with Gasteiger partial charge in [0.15, 0.2) is 0 Å². The van der Waals surface area contributed by atoms with Gasteiger partial charge in [-0.15, -0.1) is 0 Å². The molecule has 116 valence electrons. The molecular weight excluding hydrogens is 307 g/mol. The molecule has 2 heterocycles. The van der Waals surface area contributed by atoms with E-state index in [1.165, 1.54) is 0 Å². The second kappa shape index (κ2) is 5.15. The van der Waals surface area contributed by atoms with Gasteiger partial charge in [-0.1, -0.05) is 0 Å². The SMILES string of the molecule is FC(F)(F)C1(Nc2nc(Cl)nc(N3CCCCC3)n2)CC1. The first-order valence-corrected chi connectivity index (χ1v) is 7.29. The molecule has 0 bridgehead atoms. The van der Waals surface area contributed by atoms with Crippen molar-refractivity contribution in [1.29, 1.82) is 0 Å². The van der Waals surface area contributed by atoms with Crippen LogP contribution in [0.2, 0.25) is 5.28 Å². The van der Waals surface area contributed by atoms with Crippen LogP contribution < -0.4 is 10.2 Å². The van der Waals surface area contributed by atoms with Crippen LogP contribution in [0.4, 0.5) is 25.1 Å². The van der Waals surface area contributed by atoms with Gasteiger partial charge in [0.25, 0.3) is 0 Å². The molecule has 1 aliphatic heterocycles. The van der Waals surface area contributed by atoms with Crippen molar-refractivity contribution in [2.75, 3.05) is 23.3 Å². The molecule has 0 amide bonds. The molecule has 2 aliphatic rings. The summed E-state index contributed by atoms with van der Waals surface area (Å²) in [5.74, 6) is 0.237. The average molecular weight is 322 g/mol. The quantitative estimate of drug-likeness (QED) is 0.927. The van der Waals surface area contributed by atoms with E-state index in [-0.39, 0.29) is 24.1 Å². The van der Waals surface area contributed by atoms with E-state index in [4.69, 9.17) is 11.6 Å². The van der Waals surface area contributed by atoms with Gasteiger partial charge in [0, 0.05) is 13.1 Å². The maximum absolute atomic E-state index is 13.0. The Labute approximate surface area is 124 Å². The van der Waals surface area contributed by atoms with Gasteiger partial charge >= 0.3 is 6.18 Å². The van der Waals surface area contributed by atoms with Gasteiger partial charge in [-0.3, -0.25) is 0 Å². The summed E-state index contributed by atoms with van der Waals surface area (Å²) in [5, 5.41) is 2.30. The van der Waals surface area contributed by atoms with Gasteiger partial charge in [0.2, 0.25) is 17.2 Å². The molecule has 21 heavy (non-hydrogen) atoms. The molecule has 0 spiro atoms. The van der Waals surface area contributed by atoms with Crippen LogP contribution in [-0.2, 0) is 0 Å². The standard InChI is InChI=1S/C12H15ClF3N5/c13-8-17-9(20-11(4-5-11)12(14,15)16)19-10(18-8)21-6-2-1-3-7-21/h1-7H2,(H,17,18,19,20). The van der Waals surface area contributed by atoms with Crippen molar-refractivity contribution in [1.82, 2.24) is 15.0 Å². The van der Waals surface area contributed by atoms with E-state index in [0.717, 1.165) is 32.4 Å². The maximum atomic E-state index is 13.0. The predicted octanol–water partition coefficient (Wildman–Crippen LogP) is 3.02.